The molecule has 2 aromatic rings. The summed E-state index contributed by atoms with van der Waals surface area (Å²) in [5.74, 6) is -1.23. The van der Waals surface area contributed by atoms with Gasteiger partial charge in [0, 0.05) is 23.6 Å². The number of fused-ring (bicyclic) bond motifs is 1. The van der Waals surface area contributed by atoms with Gasteiger partial charge in [-0.25, -0.2) is 4.79 Å². The molecule has 0 saturated heterocycles. The summed E-state index contributed by atoms with van der Waals surface area (Å²) in [6.07, 6.45) is 2.90. The Hall–Kier alpha value is -3.12. The molecule has 1 heterocycles. The standard InChI is InChI=1S/C21H19ClN2O4/c1-14-12-19(25)23-17-8-4-5-9-18(17)24(14)20(26)13-28-21(27)11-10-15-6-2-3-7-16(15)22/h2-11,14H,12-13H2,1H3,(H,23,25)/b11-10+. The Labute approximate surface area is 167 Å². The van der Waals surface area contributed by atoms with Gasteiger partial charge in [-0.15, -0.1) is 0 Å². The van der Waals surface area contributed by atoms with Gasteiger partial charge in [0.15, 0.2) is 6.61 Å². The zero-order chi connectivity index (χ0) is 20.1. The van der Waals surface area contributed by atoms with Crippen molar-refractivity contribution in [2.75, 3.05) is 16.8 Å². The van der Waals surface area contributed by atoms with E-state index in [-0.39, 0.29) is 18.4 Å². The summed E-state index contributed by atoms with van der Waals surface area (Å²) in [4.78, 5) is 38.2. The Morgan fingerprint density at radius 2 is 1.93 bits per heavy atom. The molecule has 0 spiro atoms. The van der Waals surface area contributed by atoms with Gasteiger partial charge in [0.25, 0.3) is 5.91 Å². The van der Waals surface area contributed by atoms with E-state index in [1.165, 1.54) is 17.1 Å². The van der Waals surface area contributed by atoms with Crippen molar-refractivity contribution in [1.82, 2.24) is 0 Å². The number of carbonyl (C=O) groups excluding carboxylic acids is 3. The molecule has 0 saturated carbocycles. The molecule has 0 bridgehead atoms. The lowest BCUT2D eigenvalue weighted by atomic mass is 10.1. The lowest BCUT2D eigenvalue weighted by molar-refractivity contribution is -0.143. The van der Waals surface area contributed by atoms with Crippen LogP contribution in [0.2, 0.25) is 5.02 Å². The number of rotatable bonds is 4. The third-order valence-corrected chi connectivity index (χ3v) is 4.61. The van der Waals surface area contributed by atoms with Crippen molar-refractivity contribution in [3.05, 3.63) is 65.2 Å². The Morgan fingerprint density at radius 3 is 2.71 bits per heavy atom. The van der Waals surface area contributed by atoms with Gasteiger partial charge in [-0.2, -0.15) is 0 Å². The molecule has 0 aromatic heterocycles. The van der Waals surface area contributed by atoms with Crippen LogP contribution in [0.25, 0.3) is 6.08 Å². The maximum Gasteiger partial charge on any atom is 0.331 e. The van der Waals surface area contributed by atoms with E-state index in [2.05, 4.69) is 5.32 Å². The second-order valence-electron chi connectivity index (χ2n) is 6.34. The maximum absolute atomic E-state index is 12.7. The van der Waals surface area contributed by atoms with Gasteiger partial charge in [0.1, 0.15) is 0 Å². The van der Waals surface area contributed by atoms with Gasteiger partial charge >= 0.3 is 5.97 Å². The van der Waals surface area contributed by atoms with Crippen LogP contribution in [0, 0.1) is 0 Å². The molecule has 7 heteroatoms. The summed E-state index contributed by atoms with van der Waals surface area (Å²) in [7, 11) is 0. The van der Waals surface area contributed by atoms with E-state index in [0.29, 0.717) is 22.0 Å². The summed E-state index contributed by atoms with van der Waals surface area (Å²) in [5, 5.41) is 3.29. The minimum absolute atomic E-state index is 0.154. The number of amides is 2. The lowest BCUT2D eigenvalue weighted by Gasteiger charge is -2.27. The van der Waals surface area contributed by atoms with Crippen LogP contribution in [0.1, 0.15) is 18.9 Å². The van der Waals surface area contributed by atoms with Crippen LogP contribution in [-0.2, 0) is 19.1 Å². The molecule has 1 aliphatic rings. The van der Waals surface area contributed by atoms with Crippen molar-refractivity contribution in [2.45, 2.75) is 19.4 Å². The van der Waals surface area contributed by atoms with Gasteiger partial charge in [0.05, 0.1) is 11.4 Å². The van der Waals surface area contributed by atoms with Crippen molar-refractivity contribution < 1.29 is 19.1 Å². The van der Waals surface area contributed by atoms with Crippen LogP contribution >= 0.6 is 11.6 Å². The molecule has 3 rings (SSSR count). The van der Waals surface area contributed by atoms with Gasteiger partial charge in [-0.1, -0.05) is 41.9 Å². The van der Waals surface area contributed by atoms with E-state index in [0.717, 1.165) is 0 Å². The van der Waals surface area contributed by atoms with Crippen molar-refractivity contribution in [3.8, 4) is 0 Å². The van der Waals surface area contributed by atoms with E-state index in [9.17, 15) is 14.4 Å². The van der Waals surface area contributed by atoms with Crippen LogP contribution in [0.4, 0.5) is 11.4 Å². The Kier molecular flexibility index (Phi) is 6.11. The van der Waals surface area contributed by atoms with Gasteiger partial charge in [0.2, 0.25) is 5.91 Å². The number of benzene rings is 2. The van der Waals surface area contributed by atoms with Gasteiger partial charge < -0.3 is 15.0 Å². The summed E-state index contributed by atoms with van der Waals surface area (Å²) in [6, 6.07) is 13.7. The number of halogens is 1. The first-order chi connectivity index (χ1) is 13.5. The topological polar surface area (TPSA) is 75.7 Å². The number of nitrogens with one attached hydrogen (secondary N) is 1. The molecule has 0 fully saturated rings. The molecule has 1 unspecified atom stereocenters. The highest BCUT2D eigenvalue weighted by molar-refractivity contribution is 6.32. The normalized spacial score (nSPS) is 16.3. The molecule has 28 heavy (non-hydrogen) atoms. The Balaban J connectivity index is 1.68. The summed E-state index contributed by atoms with van der Waals surface area (Å²) < 4.78 is 5.08. The van der Waals surface area contributed by atoms with Crippen molar-refractivity contribution in [1.29, 1.82) is 0 Å². The smallest absolute Gasteiger partial charge is 0.331 e. The molecule has 0 radical (unpaired) electrons. The average molecular weight is 399 g/mol. The molecule has 2 amide bonds. The third-order valence-electron chi connectivity index (χ3n) is 4.27. The molecule has 1 N–H and O–H groups in total. The number of nitrogens with zero attached hydrogens (tertiary/aromatic N) is 1. The molecule has 1 aliphatic heterocycles. The van der Waals surface area contributed by atoms with Crippen LogP contribution in [0.15, 0.2) is 54.6 Å². The fourth-order valence-corrected chi connectivity index (χ4v) is 3.19. The maximum atomic E-state index is 12.7. The van der Waals surface area contributed by atoms with Crippen LogP contribution < -0.4 is 10.2 Å². The van der Waals surface area contributed by atoms with Gasteiger partial charge in [-0.3, -0.25) is 9.59 Å². The van der Waals surface area contributed by atoms with Gasteiger partial charge in [-0.05, 0) is 36.8 Å². The van der Waals surface area contributed by atoms with E-state index in [1.54, 1.807) is 55.5 Å². The molecule has 2 aromatic carbocycles. The average Bonchev–Trinajstić information content (AvgIpc) is 2.79. The first kappa shape index (κ1) is 19.6. The number of esters is 1. The van der Waals surface area contributed by atoms with Crippen LogP contribution in [0.3, 0.4) is 0 Å². The van der Waals surface area contributed by atoms with E-state index in [1.807, 2.05) is 0 Å². The molecular formula is C21H19ClN2O4. The number of hydrogen-bond acceptors (Lipinski definition) is 4. The predicted molar refractivity (Wildman–Crippen MR) is 108 cm³/mol. The number of ether oxygens (including phenoxy) is 1. The highest BCUT2D eigenvalue weighted by Gasteiger charge is 2.29. The lowest BCUT2D eigenvalue weighted by Crippen LogP contribution is -2.41. The first-order valence-electron chi connectivity index (χ1n) is 8.76. The monoisotopic (exact) mass is 398 g/mol. The highest BCUT2D eigenvalue weighted by atomic mass is 35.5. The third kappa shape index (κ3) is 4.58. The number of hydrogen-bond donors (Lipinski definition) is 1. The molecule has 1 atom stereocenters. The first-order valence-corrected chi connectivity index (χ1v) is 9.14. The van der Waals surface area contributed by atoms with E-state index >= 15 is 0 Å². The minimum Gasteiger partial charge on any atom is -0.452 e. The van der Waals surface area contributed by atoms with E-state index in [4.69, 9.17) is 16.3 Å². The highest BCUT2D eigenvalue weighted by Crippen LogP contribution is 2.31. The van der Waals surface area contributed by atoms with Crippen molar-refractivity contribution >= 4 is 46.8 Å². The number of carbonyl (C=O) groups is 3. The molecule has 0 aliphatic carbocycles. The Morgan fingerprint density at radius 1 is 1.21 bits per heavy atom. The van der Waals surface area contributed by atoms with Crippen molar-refractivity contribution in [3.63, 3.8) is 0 Å². The molecular weight excluding hydrogens is 380 g/mol. The zero-order valence-corrected chi connectivity index (χ0v) is 16.0. The number of anilines is 2. The minimum atomic E-state index is -0.654. The largest absolute Gasteiger partial charge is 0.452 e. The fraction of sp³-hybridized carbons (Fsp3) is 0.190. The van der Waals surface area contributed by atoms with Crippen LogP contribution in [0.5, 0.6) is 0 Å². The zero-order valence-electron chi connectivity index (χ0n) is 15.2. The Bertz CT molecular complexity index is 942. The number of para-hydroxylation sites is 2. The summed E-state index contributed by atoms with van der Waals surface area (Å²) in [6.45, 7) is 1.34. The van der Waals surface area contributed by atoms with Crippen molar-refractivity contribution in [2.24, 2.45) is 0 Å². The molecule has 6 nitrogen and oxygen atoms in total. The quantitative estimate of drug-likeness (QED) is 0.630. The summed E-state index contributed by atoms with van der Waals surface area (Å²) in [5.41, 5.74) is 1.80. The molecule has 144 valence electrons. The van der Waals surface area contributed by atoms with Crippen LogP contribution in [-0.4, -0.2) is 30.4 Å². The SMILES string of the molecule is CC1CC(=O)Nc2ccccc2N1C(=O)COC(=O)/C=C/c1ccccc1Cl. The second kappa shape index (κ2) is 8.71. The predicted octanol–water partition coefficient (Wildman–Crippen LogP) is 3.66. The summed E-state index contributed by atoms with van der Waals surface area (Å²) >= 11 is 6.03. The van der Waals surface area contributed by atoms with E-state index < -0.39 is 18.5 Å². The second-order valence-corrected chi connectivity index (χ2v) is 6.75. The fourth-order valence-electron chi connectivity index (χ4n) is 2.99.